The number of hydrogen-bond donors (Lipinski definition) is 0. The van der Waals surface area contributed by atoms with Gasteiger partial charge in [0.1, 0.15) is 17.7 Å². The number of rotatable bonds is 9. The van der Waals surface area contributed by atoms with Gasteiger partial charge in [-0.25, -0.2) is 9.96 Å². The van der Waals surface area contributed by atoms with Crippen molar-refractivity contribution in [2.45, 2.75) is 19.1 Å². The van der Waals surface area contributed by atoms with E-state index in [-0.39, 0.29) is 17.2 Å². The fraction of sp³-hybridized carbons (Fsp3) is 0.286. The molecule has 2 saturated heterocycles. The van der Waals surface area contributed by atoms with Gasteiger partial charge in [0.05, 0.1) is 44.2 Å². The zero-order chi connectivity index (χ0) is 28.6. The molecule has 2 aliphatic rings. The molecule has 0 radical (unpaired) electrons. The summed E-state index contributed by atoms with van der Waals surface area (Å²) in [6.07, 6.45) is -1.19. The number of carbonyl (C=O) groups excluding carboxylic acids is 2. The van der Waals surface area contributed by atoms with Crippen molar-refractivity contribution >= 4 is 28.9 Å². The van der Waals surface area contributed by atoms with Gasteiger partial charge < -0.3 is 18.9 Å². The van der Waals surface area contributed by atoms with Crippen molar-refractivity contribution in [3.63, 3.8) is 0 Å². The first-order valence-electron chi connectivity index (χ1n) is 12.4. The zero-order valence-corrected chi connectivity index (χ0v) is 22.2. The van der Waals surface area contributed by atoms with Crippen LogP contribution in [0.3, 0.4) is 0 Å². The van der Waals surface area contributed by atoms with Crippen LogP contribution >= 0.6 is 0 Å². The number of nitro benzene ring substituents is 1. The Bertz CT molecular complexity index is 1460. The van der Waals surface area contributed by atoms with E-state index < -0.39 is 34.8 Å². The van der Waals surface area contributed by atoms with Crippen LogP contribution in [0, 0.1) is 16.0 Å². The Kier molecular flexibility index (Phi) is 7.18. The van der Waals surface area contributed by atoms with Crippen LogP contribution in [0.5, 0.6) is 23.0 Å². The fourth-order valence-corrected chi connectivity index (χ4v) is 5.17. The molecule has 0 aromatic heterocycles. The maximum Gasteiger partial charge on any atom is 0.271 e. The largest absolute Gasteiger partial charge is 0.494 e. The molecule has 12 nitrogen and oxygen atoms in total. The summed E-state index contributed by atoms with van der Waals surface area (Å²) in [6.45, 7) is 2.33. The van der Waals surface area contributed by atoms with Gasteiger partial charge in [0.15, 0.2) is 17.6 Å². The topological polar surface area (TPSA) is 130 Å². The molecular formula is C28H27N3O9. The average molecular weight is 550 g/mol. The van der Waals surface area contributed by atoms with E-state index in [1.54, 1.807) is 42.5 Å². The average Bonchev–Trinajstić information content (AvgIpc) is 3.48. The van der Waals surface area contributed by atoms with Gasteiger partial charge in [0.2, 0.25) is 11.7 Å². The molecule has 3 aromatic rings. The second-order valence-corrected chi connectivity index (χ2v) is 8.96. The van der Waals surface area contributed by atoms with E-state index in [0.29, 0.717) is 35.0 Å². The summed E-state index contributed by atoms with van der Waals surface area (Å²) in [4.78, 5) is 45.9. The summed E-state index contributed by atoms with van der Waals surface area (Å²) in [6, 6.07) is 14.8. The number of nitrogens with zero attached hydrogens (tertiary/aromatic N) is 3. The fourth-order valence-electron chi connectivity index (χ4n) is 5.17. The number of hydrogen-bond acceptors (Lipinski definition) is 10. The number of non-ortho nitro benzene ring substituents is 1. The lowest BCUT2D eigenvalue weighted by Gasteiger charge is -2.30. The summed E-state index contributed by atoms with van der Waals surface area (Å²) in [5.41, 5.74) is 0.953. The van der Waals surface area contributed by atoms with E-state index >= 15 is 0 Å². The monoisotopic (exact) mass is 549 g/mol. The summed E-state index contributed by atoms with van der Waals surface area (Å²) in [5.74, 6) is -0.510. The minimum absolute atomic E-state index is 0.176. The van der Waals surface area contributed by atoms with Crippen LogP contribution in [0.15, 0.2) is 60.7 Å². The third-order valence-corrected chi connectivity index (χ3v) is 6.87. The third-order valence-electron chi connectivity index (χ3n) is 6.87. The van der Waals surface area contributed by atoms with E-state index in [9.17, 15) is 19.7 Å². The van der Waals surface area contributed by atoms with E-state index in [1.165, 1.54) is 44.6 Å². The van der Waals surface area contributed by atoms with Gasteiger partial charge in [-0.15, -0.1) is 0 Å². The quantitative estimate of drug-likeness (QED) is 0.219. The molecule has 40 heavy (non-hydrogen) atoms. The molecule has 2 amide bonds. The van der Waals surface area contributed by atoms with Gasteiger partial charge in [-0.3, -0.25) is 24.5 Å². The second kappa shape index (κ2) is 10.7. The Hall–Kier alpha value is -4.84. The lowest BCUT2D eigenvalue weighted by atomic mass is 9.89. The number of benzene rings is 3. The molecule has 2 fully saturated rings. The predicted octanol–water partition coefficient (Wildman–Crippen LogP) is 4.07. The standard InChI is InChI=1S/C28H27N3O9/c1-5-39-19-11-9-16(10-12-19)29-27(32)22-23(20-13-14-21(36-2)25(38-4)24(20)37-3)30(40-26(22)28(29)33)17-7-6-8-18(15-17)31(34)35/h6-15,22-23,26H,5H2,1-4H3/t22-,23+,26+/m1/s1. The number of anilines is 2. The molecule has 0 spiro atoms. The highest BCUT2D eigenvalue weighted by Crippen LogP contribution is 2.52. The van der Waals surface area contributed by atoms with Crippen LogP contribution in [0.25, 0.3) is 0 Å². The van der Waals surface area contributed by atoms with Gasteiger partial charge in [0, 0.05) is 17.7 Å². The molecule has 0 bridgehead atoms. The SMILES string of the molecule is CCOc1ccc(N2C(=O)[C@H]3[C@H](ON(c4cccc([N+](=O)[O-])c4)[C@H]3c3ccc(OC)c(OC)c3OC)C2=O)cc1. The Morgan fingerprint density at radius 3 is 2.25 bits per heavy atom. The Morgan fingerprint density at radius 1 is 0.900 bits per heavy atom. The molecular weight excluding hydrogens is 522 g/mol. The summed E-state index contributed by atoms with van der Waals surface area (Å²) in [7, 11) is 4.38. The van der Waals surface area contributed by atoms with E-state index in [4.69, 9.17) is 23.8 Å². The predicted molar refractivity (Wildman–Crippen MR) is 143 cm³/mol. The number of amides is 2. The van der Waals surface area contributed by atoms with Gasteiger partial charge in [-0.1, -0.05) is 6.07 Å². The van der Waals surface area contributed by atoms with Crippen LogP contribution < -0.4 is 28.9 Å². The first kappa shape index (κ1) is 26.8. The summed E-state index contributed by atoms with van der Waals surface area (Å²) >= 11 is 0. The Balaban J connectivity index is 1.63. The molecule has 12 heteroatoms. The number of methoxy groups -OCH3 is 3. The molecule has 208 valence electrons. The molecule has 2 aliphatic heterocycles. The highest BCUT2D eigenvalue weighted by atomic mass is 16.7. The van der Waals surface area contributed by atoms with E-state index in [1.807, 2.05) is 6.92 Å². The maximum absolute atomic E-state index is 14.0. The number of imide groups is 1. The van der Waals surface area contributed by atoms with Crippen molar-refractivity contribution < 1.29 is 38.3 Å². The molecule has 2 heterocycles. The van der Waals surface area contributed by atoms with Crippen molar-refractivity contribution in [3.8, 4) is 23.0 Å². The van der Waals surface area contributed by atoms with Crippen LogP contribution in [-0.4, -0.2) is 50.8 Å². The second-order valence-electron chi connectivity index (χ2n) is 8.96. The smallest absolute Gasteiger partial charge is 0.271 e. The van der Waals surface area contributed by atoms with E-state index in [0.717, 1.165) is 4.90 Å². The summed E-state index contributed by atoms with van der Waals surface area (Å²) in [5, 5.41) is 12.9. The van der Waals surface area contributed by atoms with Gasteiger partial charge in [-0.05, 0) is 49.4 Å². The van der Waals surface area contributed by atoms with Crippen molar-refractivity contribution in [1.82, 2.24) is 0 Å². The molecule has 0 saturated carbocycles. The van der Waals surface area contributed by atoms with Gasteiger partial charge in [-0.2, -0.15) is 0 Å². The normalized spacial score (nSPS) is 19.9. The van der Waals surface area contributed by atoms with Gasteiger partial charge >= 0.3 is 0 Å². The van der Waals surface area contributed by atoms with Crippen molar-refractivity contribution in [2.75, 3.05) is 37.9 Å². The Morgan fingerprint density at radius 2 is 1.62 bits per heavy atom. The lowest BCUT2D eigenvalue weighted by Crippen LogP contribution is -2.37. The lowest BCUT2D eigenvalue weighted by molar-refractivity contribution is -0.384. The number of fused-ring (bicyclic) bond motifs is 1. The van der Waals surface area contributed by atoms with Crippen molar-refractivity contribution in [3.05, 3.63) is 76.3 Å². The number of ether oxygens (including phenoxy) is 4. The van der Waals surface area contributed by atoms with E-state index in [2.05, 4.69) is 0 Å². The molecule has 0 N–H and O–H groups in total. The zero-order valence-electron chi connectivity index (χ0n) is 22.2. The third kappa shape index (κ3) is 4.31. The van der Waals surface area contributed by atoms with Crippen LogP contribution in [-0.2, 0) is 14.4 Å². The highest BCUT2D eigenvalue weighted by Gasteiger charge is 2.61. The first-order valence-corrected chi connectivity index (χ1v) is 12.4. The first-order chi connectivity index (χ1) is 19.3. The maximum atomic E-state index is 14.0. The minimum Gasteiger partial charge on any atom is -0.494 e. The Labute approximate surface area is 229 Å². The minimum atomic E-state index is -1.19. The van der Waals surface area contributed by atoms with Crippen LogP contribution in [0.1, 0.15) is 18.5 Å². The number of carbonyl (C=O) groups is 2. The molecule has 5 rings (SSSR count). The summed E-state index contributed by atoms with van der Waals surface area (Å²) < 4.78 is 22.2. The number of hydroxylamine groups is 1. The highest BCUT2D eigenvalue weighted by molar-refractivity contribution is 6.24. The molecule has 3 atom stereocenters. The number of nitro groups is 1. The van der Waals surface area contributed by atoms with Crippen molar-refractivity contribution in [2.24, 2.45) is 5.92 Å². The molecule has 3 aromatic carbocycles. The van der Waals surface area contributed by atoms with Crippen molar-refractivity contribution in [1.29, 1.82) is 0 Å². The molecule has 0 aliphatic carbocycles. The van der Waals surface area contributed by atoms with Crippen LogP contribution in [0.4, 0.5) is 17.1 Å². The van der Waals surface area contributed by atoms with Gasteiger partial charge in [0.25, 0.3) is 11.6 Å². The van der Waals surface area contributed by atoms with Crippen LogP contribution in [0.2, 0.25) is 0 Å². The molecule has 0 unspecified atom stereocenters.